The molecule has 0 bridgehead atoms. The van der Waals surface area contributed by atoms with Crippen molar-refractivity contribution in [2.24, 2.45) is 4.99 Å². The Morgan fingerprint density at radius 1 is 1.34 bits per heavy atom. The van der Waals surface area contributed by atoms with E-state index in [2.05, 4.69) is 23.8 Å². The predicted molar refractivity (Wildman–Crippen MR) is 116 cm³/mol. The van der Waals surface area contributed by atoms with Crippen LogP contribution in [0.15, 0.2) is 34.1 Å². The first kappa shape index (κ1) is 22.7. The minimum absolute atomic E-state index is 0.00175. The molecule has 1 aromatic heterocycles. The lowest BCUT2D eigenvalue weighted by atomic mass is 10.0. The highest BCUT2D eigenvalue weighted by Crippen LogP contribution is 2.21. The maximum absolute atomic E-state index is 12.3. The summed E-state index contributed by atoms with van der Waals surface area (Å²) in [7, 11) is -1.17. The van der Waals surface area contributed by atoms with E-state index in [4.69, 9.17) is 12.2 Å². The molecule has 0 fully saturated rings. The van der Waals surface area contributed by atoms with Crippen LogP contribution in [0, 0.1) is 4.77 Å². The lowest BCUT2D eigenvalue weighted by Crippen LogP contribution is -2.22. The second-order valence-electron chi connectivity index (χ2n) is 6.78. The highest BCUT2D eigenvalue weighted by molar-refractivity contribution is 7.84. The fourth-order valence-electron chi connectivity index (χ4n) is 2.61. The summed E-state index contributed by atoms with van der Waals surface area (Å²) < 4.78 is 12.5. The molecule has 0 aliphatic carbocycles. The van der Waals surface area contributed by atoms with Crippen LogP contribution in [0.5, 0.6) is 5.88 Å². The van der Waals surface area contributed by atoms with Gasteiger partial charge < -0.3 is 10.2 Å². The third kappa shape index (κ3) is 5.70. The second kappa shape index (κ2) is 9.75. The summed E-state index contributed by atoms with van der Waals surface area (Å²) in [4.78, 5) is 30.0. The zero-order valence-corrected chi connectivity index (χ0v) is 17.9. The van der Waals surface area contributed by atoms with E-state index in [1.165, 1.54) is 10.8 Å². The van der Waals surface area contributed by atoms with Gasteiger partial charge in [-0.3, -0.25) is 23.5 Å². The van der Waals surface area contributed by atoms with Gasteiger partial charge >= 0.3 is 5.97 Å². The van der Waals surface area contributed by atoms with Crippen molar-refractivity contribution < 1.29 is 19.2 Å². The molecule has 0 saturated heterocycles. The molecule has 0 unspecified atom stereocenters. The lowest BCUT2D eigenvalue weighted by molar-refractivity contribution is -0.138. The Bertz CT molecular complexity index is 1050. The number of aromatic nitrogens is 2. The van der Waals surface area contributed by atoms with Crippen molar-refractivity contribution >= 4 is 35.2 Å². The van der Waals surface area contributed by atoms with E-state index < -0.39 is 34.2 Å². The Hall–Kier alpha value is -2.59. The van der Waals surface area contributed by atoms with Gasteiger partial charge in [0.05, 0.1) is 5.69 Å². The molecule has 2 atom stereocenters. The number of benzene rings is 1. The normalized spacial score (nSPS) is 13.7. The number of carboxylic acids is 1. The smallest absolute Gasteiger partial charge is 0.328 e. The van der Waals surface area contributed by atoms with Gasteiger partial charge in [0.15, 0.2) is 4.77 Å². The minimum atomic E-state index is -1.21. The first-order chi connectivity index (χ1) is 13.6. The maximum atomic E-state index is 12.3. The molecule has 0 spiro atoms. The van der Waals surface area contributed by atoms with Gasteiger partial charge in [-0.15, -0.1) is 0 Å². The third-order valence-electron chi connectivity index (χ3n) is 4.29. The number of aromatic hydroxyl groups is 1. The molecule has 0 radical (unpaired) electrons. The molecule has 10 heteroatoms. The second-order valence-corrected chi connectivity index (χ2v) is 8.72. The summed E-state index contributed by atoms with van der Waals surface area (Å²) >= 11 is 5.18. The Morgan fingerprint density at radius 3 is 2.48 bits per heavy atom. The van der Waals surface area contributed by atoms with Crippen LogP contribution < -0.4 is 5.56 Å². The molecule has 29 heavy (non-hydrogen) atoms. The molecule has 2 rings (SSSR count). The summed E-state index contributed by atoms with van der Waals surface area (Å²) in [6, 6.07) is 6.14. The Morgan fingerprint density at radius 2 is 1.97 bits per heavy atom. The molecule has 0 aliphatic heterocycles. The van der Waals surface area contributed by atoms with Gasteiger partial charge in [0.2, 0.25) is 5.88 Å². The van der Waals surface area contributed by atoms with Crippen molar-refractivity contribution in [1.82, 2.24) is 9.55 Å². The summed E-state index contributed by atoms with van der Waals surface area (Å²) in [5.41, 5.74) is 0.743. The lowest BCUT2D eigenvalue weighted by Gasteiger charge is -2.13. The standard InChI is InChI=1S/C19H23N3O5S2/c1-11(2)12-4-6-13(7-5-12)22-17(24)14(16(23)21-19(22)28)10-20-15(18(25)26)8-9-29(3)27/h4-7,10-11,15,24H,8-9H2,1-3H3,(H,25,26)(H,21,23,28)/t15-,29+/m0/s1. The maximum Gasteiger partial charge on any atom is 0.328 e. The van der Waals surface area contributed by atoms with Crippen molar-refractivity contribution in [2.75, 3.05) is 12.0 Å². The average molecular weight is 438 g/mol. The number of nitrogens with zero attached hydrogens (tertiary/aromatic N) is 2. The summed E-state index contributed by atoms with van der Waals surface area (Å²) in [5, 5.41) is 19.9. The summed E-state index contributed by atoms with van der Waals surface area (Å²) in [6.07, 6.45) is 2.53. The fourth-order valence-corrected chi connectivity index (χ4v) is 3.45. The molecule has 0 aliphatic rings. The van der Waals surface area contributed by atoms with Crippen LogP contribution in [-0.4, -0.2) is 54.2 Å². The molecule has 1 heterocycles. The van der Waals surface area contributed by atoms with Crippen LogP contribution in [0.25, 0.3) is 5.69 Å². The highest BCUT2D eigenvalue weighted by Gasteiger charge is 2.18. The van der Waals surface area contributed by atoms with E-state index >= 15 is 0 Å². The van der Waals surface area contributed by atoms with E-state index in [1.807, 2.05) is 12.1 Å². The van der Waals surface area contributed by atoms with Crippen molar-refractivity contribution in [3.63, 3.8) is 0 Å². The highest BCUT2D eigenvalue weighted by atomic mass is 32.2. The van der Waals surface area contributed by atoms with E-state index in [0.29, 0.717) is 11.6 Å². The first-order valence-corrected chi connectivity index (χ1v) is 11.0. The van der Waals surface area contributed by atoms with Gasteiger partial charge in [-0.1, -0.05) is 26.0 Å². The molecule has 2 aromatic rings. The number of H-pyrrole nitrogens is 1. The first-order valence-electron chi connectivity index (χ1n) is 8.86. The van der Waals surface area contributed by atoms with Gasteiger partial charge in [-0.2, -0.15) is 0 Å². The SMILES string of the molecule is CC(C)c1ccc(-n2c(O)c(C=N[C@@H](CC[S@@](C)=O)C(=O)O)c(=O)[nH]c2=S)cc1. The number of carboxylic acid groups (broad SMARTS) is 1. The van der Waals surface area contributed by atoms with Crippen LogP contribution in [0.2, 0.25) is 0 Å². The Balaban J connectivity index is 2.47. The number of rotatable bonds is 8. The molecule has 1 aromatic carbocycles. The van der Waals surface area contributed by atoms with E-state index in [1.54, 1.807) is 12.1 Å². The van der Waals surface area contributed by atoms with Crippen molar-refractivity contribution in [1.29, 1.82) is 0 Å². The summed E-state index contributed by atoms with van der Waals surface area (Å²) in [6.45, 7) is 4.11. The zero-order valence-electron chi connectivity index (χ0n) is 16.3. The number of nitrogens with one attached hydrogen (secondary N) is 1. The molecule has 3 N–H and O–H groups in total. The average Bonchev–Trinajstić information content (AvgIpc) is 2.63. The number of aliphatic carboxylic acids is 1. The van der Waals surface area contributed by atoms with Crippen LogP contribution in [0.4, 0.5) is 0 Å². The molecule has 8 nitrogen and oxygen atoms in total. The number of aromatic amines is 1. The van der Waals surface area contributed by atoms with Crippen molar-refractivity contribution in [3.05, 3.63) is 50.5 Å². The van der Waals surface area contributed by atoms with Gasteiger partial charge in [-0.25, -0.2) is 4.79 Å². The van der Waals surface area contributed by atoms with Crippen LogP contribution in [0.3, 0.4) is 0 Å². The number of hydrogen-bond acceptors (Lipinski definition) is 6. The van der Waals surface area contributed by atoms with Gasteiger partial charge in [-0.05, 0) is 42.3 Å². The van der Waals surface area contributed by atoms with E-state index in [0.717, 1.165) is 11.8 Å². The van der Waals surface area contributed by atoms with Gasteiger partial charge in [0, 0.05) is 29.0 Å². The number of hydrogen-bond donors (Lipinski definition) is 3. The van der Waals surface area contributed by atoms with Crippen LogP contribution >= 0.6 is 12.2 Å². The monoisotopic (exact) mass is 437 g/mol. The van der Waals surface area contributed by atoms with E-state index in [9.17, 15) is 24.0 Å². The van der Waals surface area contributed by atoms with E-state index in [-0.39, 0.29) is 22.5 Å². The Labute approximate surface area is 175 Å². The van der Waals surface area contributed by atoms with Crippen molar-refractivity contribution in [2.45, 2.75) is 32.2 Å². The molecule has 156 valence electrons. The zero-order chi connectivity index (χ0) is 21.7. The minimum Gasteiger partial charge on any atom is -0.494 e. The van der Waals surface area contributed by atoms with Crippen LogP contribution in [0.1, 0.15) is 37.3 Å². The topological polar surface area (TPSA) is 125 Å². The number of carbonyl (C=O) groups is 1. The van der Waals surface area contributed by atoms with Crippen molar-refractivity contribution in [3.8, 4) is 11.6 Å². The fraction of sp³-hybridized carbons (Fsp3) is 0.368. The largest absolute Gasteiger partial charge is 0.494 e. The third-order valence-corrected chi connectivity index (χ3v) is 5.38. The molecule has 0 saturated carbocycles. The van der Waals surface area contributed by atoms with Gasteiger partial charge in [0.25, 0.3) is 5.56 Å². The molecular weight excluding hydrogens is 414 g/mol. The predicted octanol–water partition coefficient (Wildman–Crippen LogP) is 2.36. The number of aliphatic imine (C=N–C) groups is 1. The van der Waals surface area contributed by atoms with Gasteiger partial charge in [0.1, 0.15) is 11.6 Å². The molecule has 0 amide bonds. The quantitative estimate of drug-likeness (QED) is 0.430. The van der Waals surface area contributed by atoms with Crippen LogP contribution in [-0.2, 0) is 15.6 Å². The molecular formula is C19H23N3O5S2. The Kier molecular flexibility index (Phi) is 7.63. The summed E-state index contributed by atoms with van der Waals surface area (Å²) in [5.74, 6) is -1.17.